The molecular weight excluding hydrogens is 342 g/mol. The molecular formula is C13H10BIO3. The quantitative estimate of drug-likeness (QED) is 0.666. The number of hydrogen-bond donors (Lipinski definition) is 1. The molecule has 0 saturated heterocycles. The highest BCUT2D eigenvalue weighted by molar-refractivity contribution is 14.1. The Kier molecular flexibility index (Phi) is 3.28. The van der Waals surface area contributed by atoms with E-state index >= 15 is 0 Å². The largest absolute Gasteiger partial charge is 0.491 e. The molecule has 3 nitrogen and oxygen atoms in total. The van der Waals surface area contributed by atoms with Crippen LogP contribution in [0.3, 0.4) is 0 Å². The fourth-order valence-corrected chi connectivity index (χ4v) is 2.27. The summed E-state index contributed by atoms with van der Waals surface area (Å²) in [7, 11) is -0.799. The second kappa shape index (κ2) is 4.91. The Morgan fingerprint density at radius 2 is 1.83 bits per heavy atom. The fourth-order valence-electron chi connectivity index (χ4n) is 1.91. The van der Waals surface area contributed by atoms with Crippen molar-refractivity contribution in [1.82, 2.24) is 0 Å². The van der Waals surface area contributed by atoms with Gasteiger partial charge in [-0.05, 0) is 70.0 Å². The summed E-state index contributed by atoms with van der Waals surface area (Å²) in [4.78, 5) is 0. The van der Waals surface area contributed by atoms with Crippen LogP contribution in [-0.2, 0) is 11.3 Å². The van der Waals surface area contributed by atoms with Crippen LogP contribution >= 0.6 is 22.6 Å². The minimum Gasteiger partial charge on any atom is -0.457 e. The molecule has 0 fully saturated rings. The van der Waals surface area contributed by atoms with Crippen LogP contribution in [0.2, 0.25) is 0 Å². The minimum absolute atomic E-state index is 0.431. The first kappa shape index (κ1) is 12.0. The summed E-state index contributed by atoms with van der Waals surface area (Å²) in [6.45, 7) is 0.431. The van der Waals surface area contributed by atoms with E-state index in [0.717, 1.165) is 22.5 Å². The normalized spacial score (nSPS) is 13.6. The molecule has 0 aromatic heterocycles. The Bertz CT molecular complexity index is 571. The topological polar surface area (TPSA) is 38.7 Å². The lowest BCUT2D eigenvalue weighted by molar-refractivity contribution is 0.275. The molecule has 1 heterocycles. The molecule has 2 aromatic carbocycles. The maximum absolute atomic E-state index is 9.53. The van der Waals surface area contributed by atoms with Crippen LogP contribution in [0.5, 0.6) is 11.5 Å². The molecule has 1 aliphatic rings. The molecule has 0 spiro atoms. The van der Waals surface area contributed by atoms with Gasteiger partial charge in [0.2, 0.25) is 0 Å². The van der Waals surface area contributed by atoms with Crippen molar-refractivity contribution in [2.45, 2.75) is 6.61 Å². The van der Waals surface area contributed by atoms with E-state index in [2.05, 4.69) is 22.6 Å². The van der Waals surface area contributed by atoms with Crippen molar-refractivity contribution >= 4 is 35.2 Å². The molecule has 0 bridgehead atoms. The molecule has 0 radical (unpaired) electrons. The average Bonchev–Trinajstić information content (AvgIpc) is 2.74. The molecule has 5 heteroatoms. The molecule has 0 saturated carbocycles. The second-order valence-electron chi connectivity index (χ2n) is 4.08. The summed E-state index contributed by atoms with van der Waals surface area (Å²) in [6, 6.07) is 13.4. The second-order valence-corrected chi connectivity index (χ2v) is 5.33. The van der Waals surface area contributed by atoms with E-state index in [1.165, 1.54) is 3.57 Å². The summed E-state index contributed by atoms with van der Waals surface area (Å²) in [6.07, 6.45) is 0. The van der Waals surface area contributed by atoms with Gasteiger partial charge in [0.1, 0.15) is 11.5 Å². The zero-order valence-corrected chi connectivity index (χ0v) is 11.6. The molecule has 0 aliphatic carbocycles. The summed E-state index contributed by atoms with van der Waals surface area (Å²) >= 11 is 2.25. The molecule has 3 rings (SSSR count). The average molecular weight is 352 g/mol. The van der Waals surface area contributed by atoms with E-state index in [4.69, 9.17) is 9.39 Å². The van der Waals surface area contributed by atoms with Gasteiger partial charge in [0, 0.05) is 3.57 Å². The van der Waals surface area contributed by atoms with Gasteiger partial charge < -0.3 is 14.4 Å². The molecule has 18 heavy (non-hydrogen) atoms. The van der Waals surface area contributed by atoms with Crippen molar-refractivity contribution in [2.75, 3.05) is 0 Å². The first-order valence-corrected chi connectivity index (χ1v) is 6.66. The van der Waals surface area contributed by atoms with Gasteiger partial charge in [0.05, 0.1) is 6.61 Å². The van der Waals surface area contributed by atoms with E-state index in [1.807, 2.05) is 42.5 Å². The smallest absolute Gasteiger partial charge is 0.457 e. The van der Waals surface area contributed by atoms with Gasteiger partial charge in [0.15, 0.2) is 0 Å². The van der Waals surface area contributed by atoms with Gasteiger partial charge in [-0.2, -0.15) is 0 Å². The van der Waals surface area contributed by atoms with Crippen LogP contribution in [0.1, 0.15) is 5.56 Å². The van der Waals surface area contributed by atoms with Crippen molar-refractivity contribution in [3.8, 4) is 11.5 Å². The Morgan fingerprint density at radius 1 is 1.11 bits per heavy atom. The highest BCUT2D eigenvalue weighted by atomic mass is 127. The first-order valence-electron chi connectivity index (χ1n) is 5.58. The summed E-state index contributed by atoms with van der Waals surface area (Å²) in [5.41, 5.74) is 1.80. The lowest BCUT2D eigenvalue weighted by atomic mass is 9.80. The van der Waals surface area contributed by atoms with Gasteiger partial charge in [0.25, 0.3) is 0 Å². The third kappa shape index (κ3) is 2.38. The van der Waals surface area contributed by atoms with Gasteiger partial charge >= 0.3 is 7.12 Å². The summed E-state index contributed by atoms with van der Waals surface area (Å²) in [5, 5.41) is 9.53. The zero-order chi connectivity index (χ0) is 12.5. The van der Waals surface area contributed by atoms with Crippen molar-refractivity contribution in [3.63, 3.8) is 0 Å². The van der Waals surface area contributed by atoms with E-state index in [-0.39, 0.29) is 0 Å². The summed E-state index contributed by atoms with van der Waals surface area (Å²) in [5.74, 6) is 1.56. The maximum atomic E-state index is 9.53. The van der Waals surface area contributed by atoms with Gasteiger partial charge in [-0.25, -0.2) is 0 Å². The predicted octanol–water partition coefficient (Wildman–Crippen LogP) is 2.30. The van der Waals surface area contributed by atoms with Gasteiger partial charge in [-0.3, -0.25) is 0 Å². The number of ether oxygens (including phenoxy) is 1. The van der Waals surface area contributed by atoms with Gasteiger partial charge in [-0.15, -0.1) is 0 Å². The number of fused-ring (bicyclic) bond motifs is 1. The van der Waals surface area contributed by atoms with Crippen LogP contribution in [-0.4, -0.2) is 12.1 Å². The highest BCUT2D eigenvalue weighted by Crippen LogP contribution is 2.24. The number of rotatable bonds is 2. The lowest BCUT2D eigenvalue weighted by Crippen LogP contribution is -2.27. The maximum Gasteiger partial charge on any atom is 0.491 e. The van der Waals surface area contributed by atoms with Gasteiger partial charge in [-0.1, -0.05) is 6.07 Å². The third-order valence-corrected chi connectivity index (χ3v) is 3.55. The standard InChI is InChI=1S/C13H10BIO3/c15-10-1-3-11(4-2-10)18-12-5-6-13-9(7-12)8-17-14(13)16/h1-7,16H,8H2. The van der Waals surface area contributed by atoms with E-state index < -0.39 is 7.12 Å². The fraction of sp³-hybridized carbons (Fsp3) is 0.0769. The predicted molar refractivity (Wildman–Crippen MR) is 78.1 cm³/mol. The van der Waals surface area contributed by atoms with Crippen LogP contribution < -0.4 is 10.2 Å². The highest BCUT2D eigenvalue weighted by Gasteiger charge is 2.27. The zero-order valence-electron chi connectivity index (χ0n) is 9.47. The van der Waals surface area contributed by atoms with Crippen molar-refractivity contribution in [3.05, 3.63) is 51.6 Å². The Labute approximate surface area is 119 Å². The number of benzene rings is 2. The number of hydrogen-bond acceptors (Lipinski definition) is 3. The molecule has 2 aromatic rings. The molecule has 0 unspecified atom stereocenters. The monoisotopic (exact) mass is 352 g/mol. The van der Waals surface area contributed by atoms with Crippen LogP contribution in [0.15, 0.2) is 42.5 Å². The molecule has 90 valence electrons. The SMILES string of the molecule is OB1OCc2cc(Oc3ccc(I)cc3)ccc21. The van der Waals surface area contributed by atoms with Crippen molar-refractivity contribution in [1.29, 1.82) is 0 Å². The van der Waals surface area contributed by atoms with Crippen molar-refractivity contribution in [2.24, 2.45) is 0 Å². The minimum atomic E-state index is -0.799. The van der Waals surface area contributed by atoms with E-state index in [9.17, 15) is 5.02 Å². The Hall–Kier alpha value is -1.05. The first-order chi connectivity index (χ1) is 8.72. The van der Waals surface area contributed by atoms with E-state index in [1.54, 1.807) is 0 Å². The van der Waals surface area contributed by atoms with E-state index in [0.29, 0.717) is 6.61 Å². The number of halogens is 1. The van der Waals surface area contributed by atoms with Crippen LogP contribution in [0.4, 0.5) is 0 Å². The Morgan fingerprint density at radius 3 is 2.61 bits per heavy atom. The summed E-state index contributed by atoms with van der Waals surface area (Å²) < 4.78 is 12.1. The van der Waals surface area contributed by atoms with Crippen molar-refractivity contribution < 1.29 is 14.4 Å². The lowest BCUT2D eigenvalue weighted by Gasteiger charge is -2.07. The molecule has 0 atom stereocenters. The molecule has 0 amide bonds. The molecule has 1 N–H and O–H groups in total. The van der Waals surface area contributed by atoms with Crippen LogP contribution in [0.25, 0.3) is 0 Å². The van der Waals surface area contributed by atoms with Crippen LogP contribution in [0, 0.1) is 3.57 Å². The molecule has 1 aliphatic heterocycles. The Balaban J connectivity index is 1.84. The third-order valence-electron chi connectivity index (χ3n) is 2.83.